The Bertz CT molecular complexity index is 697. The van der Waals surface area contributed by atoms with E-state index in [1.807, 2.05) is 52.0 Å². The minimum atomic E-state index is -0.663. The summed E-state index contributed by atoms with van der Waals surface area (Å²) in [5.74, 6) is -0.994. The summed E-state index contributed by atoms with van der Waals surface area (Å²) < 4.78 is 0. The first-order valence-corrected chi connectivity index (χ1v) is 9.04. The quantitative estimate of drug-likeness (QED) is 0.774. The van der Waals surface area contributed by atoms with E-state index in [0.717, 1.165) is 30.4 Å². The topological polar surface area (TPSA) is 57.6 Å². The molecule has 4 nitrogen and oxygen atoms in total. The third-order valence-electron chi connectivity index (χ3n) is 4.72. The largest absolute Gasteiger partial charge is 0.503 e. The second-order valence-corrected chi connectivity index (χ2v) is 7.81. The highest BCUT2D eigenvalue weighted by Crippen LogP contribution is 2.41. The number of aliphatic hydroxyl groups excluding tert-OH is 1. The van der Waals surface area contributed by atoms with Gasteiger partial charge in [0.25, 0.3) is 5.91 Å². The van der Waals surface area contributed by atoms with Crippen molar-refractivity contribution in [2.24, 2.45) is 5.41 Å². The molecule has 4 heteroatoms. The van der Waals surface area contributed by atoms with E-state index in [0.29, 0.717) is 6.54 Å². The van der Waals surface area contributed by atoms with Crippen molar-refractivity contribution in [2.45, 2.75) is 59.9 Å². The number of ketones is 1. The molecule has 2 rings (SSSR count). The molecule has 1 atom stereocenters. The first-order valence-electron chi connectivity index (χ1n) is 9.04. The highest BCUT2D eigenvalue weighted by Gasteiger charge is 2.45. The average molecular weight is 343 g/mol. The van der Waals surface area contributed by atoms with Gasteiger partial charge in [0.15, 0.2) is 11.5 Å². The summed E-state index contributed by atoms with van der Waals surface area (Å²) in [5.41, 5.74) is 1.49. The number of hydrogen-bond donors (Lipinski definition) is 1. The Balaban J connectivity index is 2.53. The number of rotatable bonds is 6. The molecule has 1 amide bonds. The van der Waals surface area contributed by atoms with Gasteiger partial charge in [-0.3, -0.25) is 9.59 Å². The maximum Gasteiger partial charge on any atom is 0.290 e. The zero-order valence-electron chi connectivity index (χ0n) is 15.9. The van der Waals surface area contributed by atoms with Crippen LogP contribution in [0, 0.1) is 12.3 Å². The zero-order chi connectivity index (χ0) is 18.8. The number of nitrogens with zero attached hydrogens (tertiary/aromatic N) is 1. The number of aliphatic hydroxyl groups is 1. The zero-order valence-corrected chi connectivity index (χ0v) is 15.9. The molecular weight excluding hydrogens is 314 g/mol. The second kappa shape index (κ2) is 7.42. The molecule has 0 radical (unpaired) electrons. The van der Waals surface area contributed by atoms with Crippen molar-refractivity contribution in [3.63, 3.8) is 0 Å². The molecule has 1 aliphatic rings. The molecule has 25 heavy (non-hydrogen) atoms. The van der Waals surface area contributed by atoms with Crippen LogP contribution >= 0.6 is 0 Å². The Morgan fingerprint density at radius 3 is 2.40 bits per heavy atom. The number of carbonyl (C=O) groups is 2. The van der Waals surface area contributed by atoms with Crippen molar-refractivity contribution in [2.75, 3.05) is 6.54 Å². The van der Waals surface area contributed by atoms with Gasteiger partial charge in [-0.05, 0) is 24.5 Å². The SMILES string of the molecule is CCCCCN1C(=O)C(O)=C(C(=O)C(C)(C)C)C1c1ccccc1C. The number of hydrogen-bond acceptors (Lipinski definition) is 3. The van der Waals surface area contributed by atoms with Gasteiger partial charge in [0.2, 0.25) is 0 Å². The van der Waals surface area contributed by atoms with Crippen LogP contribution in [0.15, 0.2) is 35.6 Å². The van der Waals surface area contributed by atoms with Crippen molar-refractivity contribution in [3.05, 3.63) is 46.7 Å². The molecular formula is C21H29NO3. The summed E-state index contributed by atoms with van der Waals surface area (Å²) in [5, 5.41) is 10.5. The van der Waals surface area contributed by atoms with Crippen LogP contribution in [0.1, 0.15) is 64.1 Å². The molecule has 1 aromatic carbocycles. The third kappa shape index (κ3) is 3.78. The average Bonchev–Trinajstić information content (AvgIpc) is 2.78. The van der Waals surface area contributed by atoms with E-state index in [-0.39, 0.29) is 17.1 Å². The van der Waals surface area contributed by atoms with E-state index in [1.54, 1.807) is 4.90 Å². The summed E-state index contributed by atoms with van der Waals surface area (Å²) in [6.07, 6.45) is 2.91. The van der Waals surface area contributed by atoms with Crippen LogP contribution in [0.2, 0.25) is 0 Å². The van der Waals surface area contributed by atoms with Crippen molar-refractivity contribution in [3.8, 4) is 0 Å². The van der Waals surface area contributed by atoms with Crippen LogP contribution in [0.4, 0.5) is 0 Å². The van der Waals surface area contributed by atoms with E-state index in [2.05, 4.69) is 6.92 Å². The summed E-state index contributed by atoms with van der Waals surface area (Å²) in [6, 6.07) is 7.25. The van der Waals surface area contributed by atoms with Gasteiger partial charge in [0.1, 0.15) is 0 Å². The monoisotopic (exact) mass is 343 g/mol. The summed E-state index contributed by atoms with van der Waals surface area (Å²) in [7, 11) is 0. The summed E-state index contributed by atoms with van der Waals surface area (Å²) in [6.45, 7) is 10.1. The molecule has 0 aliphatic carbocycles. The third-order valence-corrected chi connectivity index (χ3v) is 4.72. The van der Waals surface area contributed by atoms with Gasteiger partial charge in [-0.15, -0.1) is 0 Å². The number of amides is 1. The number of benzene rings is 1. The number of unbranched alkanes of at least 4 members (excludes halogenated alkanes) is 2. The van der Waals surface area contributed by atoms with E-state index in [4.69, 9.17) is 0 Å². The fourth-order valence-electron chi connectivity index (χ4n) is 3.27. The fourth-order valence-corrected chi connectivity index (χ4v) is 3.27. The predicted molar refractivity (Wildman–Crippen MR) is 99.3 cm³/mol. The summed E-state index contributed by atoms with van der Waals surface area (Å²) in [4.78, 5) is 27.4. The van der Waals surface area contributed by atoms with Gasteiger partial charge in [-0.2, -0.15) is 0 Å². The molecule has 1 unspecified atom stereocenters. The number of carbonyl (C=O) groups excluding carboxylic acids is 2. The van der Waals surface area contributed by atoms with Crippen LogP contribution < -0.4 is 0 Å². The lowest BCUT2D eigenvalue weighted by molar-refractivity contribution is -0.129. The highest BCUT2D eigenvalue weighted by molar-refractivity contribution is 6.10. The van der Waals surface area contributed by atoms with Gasteiger partial charge in [0.05, 0.1) is 11.6 Å². The molecule has 1 N–H and O–H groups in total. The van der Waals surface area contributed by atoms with Crippen molar-refractivity contribution >= 4 is 11.7 Å². The molecule has 0 fully saturated rings. The molecule has 0 aromatic heterocycles. The highest BCUT2D eigenvalue weighted by atomic mass is 16.3. The Morgan fingerprint density at radius 1 is 1.20 bits per heavy atom. The maximum atomic E-state index is 13.0. The Morgan fingerprint density at radius 2 is 1.84 bits per heavy atom. The molecule has 136 valence electrons. The lowest BCUT2D eigenvalue weighted by atomic mass is 9.81. The molecule has 0 spiro atoms. The number of aryl methyl sites for hydroxylation is 1. The van der Waals surface area contributed by atoms with Gasteiger partial charge in [0, 0.05) is 12.0 Å². The van der Waals surface area contributed by atoms with Crippen LogP contribution in [0.25, 0.3) is 0 Å². The van der Waals surface area contributed by atoms with E-state index < -0.39 is 17.4 Å². The van der Waals surface area contributed by atoms with E-state index >= 15 is 0 Å². The van der Waals surface area contributed by atoms with Crippen LogP contribution in [0.5, 0.6) is 0 Å². The minimum Gasteiger partial charge on any atom is -0.503 e. The molecule has 1 aliphatic heterocycles. The summed E-state index contributed by atoms with van der Waals surface area (Å²) >= 11 is 0. The molecule has 0 saturated carbocycles. The second-order valence-electron chi connectivity index (χ2n) is 7.81. The van der Waals surface area contributed by atoms with Gasteiger partial charge in [-0.1, -0.05) is 64.8 Å². The lowest BCUT2D eigenvalue weighted by Gasteiger charge is -2.29. The Kier molecular flexibility index (Phi) is 5.71. The molecule has 1 aromatic rings. The fraction of sp³-hybridized carbons (Fsp3) is 0.524. The standard InChI is InChI=1S/C21H29NO3/c1-6-7-10-13-22-17(15-12-9-8-11-14(15)2)16(18(23)20(22)25)19(24)21(3,4)5/h8-9,11-12,17,23H,6-7,10,13H2,1-5H3. The first kappa shape index (κ1) is 19.2. The maximum absolute atomic E-state index is 13.0. The van der Waals surface area contributed by atoms with E-state index in [9.17, 15) is 14.7 Å². The van der Waals surface area contributed by atoms with Crippen LogP contribution in [-0.4, -0.2) is 28.2 Å². The van der Waals surface area contributed by atoms with Crippen LogP contribution in [-0.2, 0) is 9.59 Å². The van der Waals surface area contributed by atoms with Gasteiger partial charge < -0.3 is 10.0 Å². The molecule has 0 saturated heterocycles. The Hall–Kier alpha value is -2.10. The number of Topliss-reactive ketones (excluding diaryl/α,β-unsaturated/α-hetero) is 1. The lowest BCUT2D eigenvalue weighted by Crippen LogP contribution is -2.34. The Labute approximate surface area is 150 Å². The van der Waals surface area contributed by atoms with E-state index in [1.165, 1.54) is 0 Å². The smallest absolute Gasteiger partial charge is 0.290 e. The van der Waals surface area contributed by atoms with Gasteiger partial charge >= 0.3 is 0 Å². The van der Waals surface area contributed by atoms with Gasteiger partial charge in [-0.25, -0.2) is 0 Å². The van der Waals surface area contributed by atoms with Crippen molar-refractivity contribution in [1.29, 1.82) is 0 Å². The predicted octanol–water partition coefficient (Wildman–Crippen LogP) is 4.50. The normalized spacial score (nSPS) is 18.2. The van der Waals surface area contributed by atoms with Crippen LogP contribution in [0.3, 0.4) is 0 Å². The van der Waals surface area contributed by atoms with Crippen molar-refractivity contribution < 1.29 is 14.7 Å². The van der Waals surface area contributed by atoms with Crippen molar-refractivity contribution in [1.82, 2.24) is 4.90 Å². The molecule has 1 heterocycles. The minimum absolute atomic E-state index is 0.176. The first-order chi connectivity index (χ1) is 11.7. The molecule has 0 bridgehead atoms.